The van der Waals surface area contributed by atoms with Crippen molar-refractivity contribution < 1.29 is 8.42 Å². The standard InChI is InChI=1S/C16H16N2O3S2/c1-2-23(20,21)10-11-6-5-8-13(17-11)16-18-15(19)12-7-3-4-9-14(12)22-16/h3-9,13,17H,2,10H2,1H3. The third-order valence-electron chi connectivity index (χ3n) is 3.57. The van der Waals surface area contributed by atoms with Crippen LogP contribution in [0.2, 0.25) is 0 Å². The van der Waals surface area contributed by atoms with Gasteiger partial charge in [-0.25, -0.2) is 13.4 Å². The summed E-state index contributed by atoms with van der Waals surface area (Å²) < 4.78 is 24.4. The van der Waals surface area contributed by atoms with Gasteiger partial charge in [0.05, 0.1) is 17.2 Å². The average Bonchev–Trinajstić information content (AvgIpc) is 2.55. The second-order valence-electron chi connectivity index (χ2n) is 5.23. The van der Waals surface area contributed by atoms with E-state index in [2.05, 4.69) is 10.3 Å². The van der Waals surface area contributed by atoms with E-state index in [1.165, 1.54) is 11.3 Å². The summed E-state index contributed by atoms with van der Waals surface area (Å²) in [6.07, 6.45) is 5.42. The Morgan fingerprint density at radius 2 is 2.09 bits per heavy atom. The van der Waals surface area contributed by atoms with Crippen LogP contribution in [0.25, 0.3) is 10.1 Å². The van der Waals surface area contributed by atoms with E-state index in [1.54, 1.807) is 25.1 Å². The van der Waals surface area contributed by atoms with Gasteiger partial charge >= 0.3 is 0 Å². The lowest BCUT2D eigenvalue weighted by atomic mass is 10.2. The van der Waals surface area contributed by atoms with Crippen LogP contribution in [0.3, 0.4) is 0 Å². The molecule has 0 spiro atoms. The zero-order valence-electron chi connectivity index (χ0n) is 12.5. The Hall–Kier alpha value is -1.99. The van der Waals surface area contributed by atoms with Crippen molar-refractivity contribution in [2.75, 3.05) is 11.5 Å². The molecule has 0 saturated carbocycles. The Labute approximate surface area is 138 Å². The van der Waals surface area contributed by atoms with Gasteiger partial charge in [-0.15, -0.1) is 11.3 Å². The summed E-state index contributed by atoms with van der Waals surface area (Å²) in [7, 11) is -3.11. The van der Waals surface area contributed by atoms with E-state index in [9.17, 15) is 13.2 Å². The van der Waals surface area contributed by atoms with E-state index >= 15 is 0 Å². The molecule has 1 N–H and O–H groups in total. The van der Waals surface area contributed by atoms with Crippen molar-refractivity contribution in [3.8, 4) is 0 Å². The van der Waals surface area contributed by atoms with Crippen LogP contribution in [-0.4, -0.2) is 24.9 Å². The summed E-state index contributed by atoms with van der Waals surface area (Å²) in [5.41, 5.74) is 0.357. The summed E-state index contributed by atoms with van der Waals surface area (Å²) >= 11 is 1.43. The lowest BCUT2D eigenvalue weighted by Crippen LogP contribution is -2.28. The molecule has 0 fully saturated rings. The van der Waals surface area contributed by atoms with E-state index in [4.69, 9.17) is 0 Å². The second kappa shape index (κ2) is 6.25. The zero-order valence-corrected chi connectivity index (χ0v) is 14.2. The minimum Gasteiger partial charge on any atom is -0.375 e. The van der Waals surface area contributed by atoms with Gasteiger partial charge in [-0.2, -0.15) is 0 Å². The number of nitrogens with zero attached hydrogens (tertiary/aromatic N) is 1. The third kappa shape index (κ3) is 3.51. The first-order valence-corrected chi connectivity index (χ1v) is 9.86. The van der Waals surface area contributed by atoms with Gasteiger partial charge in [0, 0.05) is 16.1 Å². The highest BCUT2D eigenvalue weighted by molar-refractivity contribution is 7.91. The van der Waals surface area contributed by atoms with E-state index in [1.807, 2.05) is 24.3 Å². The van der Waals surface area contributed by atoms with Crippen LogP contribution in [0.4, 0.5) is 0 Å². The molecule has 2 aromatic rings. The topological polar surface area (TPSA) is 76.1 Å². The summed E-state index contributed by atoms with van der Waals surface area (Å²) in [5.74, 6) is 0.0643. The van der Waals surface area contributed by atoms with Crippen molar-refractivity contribution in [1.29, 1.82) is 0 Å². The molecule has 1 unspecified atom stereocenters. The number of fused-ring (bicyclic) bond motifs is 1. The molecule has 0 saturated heterocycles. The number of benzene rings is 1. The zero-order chi connectivity index (χ0) is 16.4. The van der Waals surface area contributed by atoms with Crippen LogP contribution < -0.4 is 10.9 Å². The lowest BCUT2D eigenvalue weighted by Gasteiger charge is -2.20. The Morgan fingerprint density at radius 1 is 1.30 bits per heavy atom. The van der Waals surface area contributed by atoms with Gasteiger partial charge in [0.25, 0.3) is 5.56 Å². The van der Waals surface area contributed by atoms with Gasteiger partial charge in [-0.05, 0) is 18.2 Å². The van der Waals surface area contributed by atoms with Crippen molar-refractivity contribution >= 4 is 31.3 Å². The molecular weight excluding hydrogens is 332 g/mol. The number of rotatable bonds is 4. The van der Waals surface area contributed by atoms with Gasteiger partial charge in [-0.3, -0.25) is 4.79 Å². The van der Waals surface area contributed by atoms with Crippen LogP contribution in [-0.2, 0) is 9.84 Å². The molecule has 1 aromatic heterocycles. The Morgan fingerprint density at radius 3 is 2.87 bits per heavy atom. The maximum atomic E-state index is 12.1. The molecule has 2 heterocycles. The van der Waals surface area contributed by atoms with Gasteiger partial charge in [0.15, 0.2) is 9.84 Å². The minimum atomic E-state index is -3.11. The largest absolute Gasteiger partial charge is 0.375 e. The molecule has 1 aliphatic heterocycles. The highest BCUT2D eigenvalue weighted by atomic mass is 32.2. The van der Waals surface area contributed by atoms with Crippen LogP contribution in [0.5, 0.6) is 0 Å². The normalized spacial score (nSPS) is 17.8. The molecule has 3 rings (SSSR count). The molecule has 0 amide bonds. The first kappa shape index (κ1) is 15.9. The fourth-order valence-corrected chi connectivity index (χ4v) is 4.20. The van der Waals surface area contributed by atoms with E-state index in [0.29, 0.717) is 16.1 Å². The fraction of sp³-hybridized carbons (Fsp3) is 0.250. The van der Waals surface area contributed by atoms with Crippen LogP contribution in [0.1, 0.15) is 18.0 Å². The average molecular weight is 348 g/mol. The molecule has 0 radical (unpaired) electrons. The molecule has 1 aliphatic rings. The highest BCUT2D eigenvalue weighted by Gasteiger charge is 2.19. The van der Waals surface area contributed by atoms with Crippen molar-refractivity contribution in [2.45, 2.75) is 13.0 Å². The van der Waals surface area contributed by atoms with E-state index < -0.39 is 9.84 Å². The number of allylic oxidation sites excluding steroid dienone is 2. The van der Waals surface area contributed by atoms with Gasteiger partial charge in [-0.1, -0.05) is 31.2 Å². The SMILES string of the molecule is CCS(=O)(=O)CC1=CC=CC(c2nc(=O)c3ccccc3s2)N1. The number of nitrogens with one attached hydrogen (secondary N) is 1. The molecule has 1 aromatic carbocycles. The summed E-state index contributed by atoms with van der Waals surface area (Å²) in [5, 5.41) is 4.39. The third-order valence-corrected chi connectivity index (χ3v) is 6.33. The van der Waals surface area contributed by atoms with Gasteiger partial charge in [0.1, 0.15) is 5.01 Å². The predicted molar refractivity (Wildman–Crippen MR) is 93.3 cm³/mol. The number of dihydropyridines is 1. The summed E-state index contributed by atoms with van der Waals surface area (Å²) in [6, 6.07) is 7.05. The molecule has 7 heteroatoms. The van der Waals surface area contributed by atoms with Crippen molar-refractivity contribution in [2.24, 2.45) is 0 Å². The number of hydrogen-bond donors (Lipinski definition) is 1. The van der Waals surface area contributed by atoms with Crippen LogP contribution in [0.15, 0.2) is 53.0 Å². The molecule has 23 heavy (non-hydrogen) atoms. The fourth-order valence-electron chi connectivity index (χ4n) is 2.31. The van der Waals surface area contributed by atoms with Crippen molar-refractivity contribution in [1.82, 2.24) is 10.3 Å². The van der Waals surface area contributed by atoms with Crippen molar-refractivity contribution in [3.05, 3.63) is 63.6 Å². The quantitative estimate of drug-likeness (QED) is 0.916. The first-order valence-electron chi connectivity index (χ1n) is 7.22. The highest BCUT2D eigenvalue weighted by Crippen LogP contribution is 2.25. The number of hydrogen-bond acceptors (Lipinski definition) is 6. The number of aromatic nitrogens is 1. The molecule has 0 bridgehead atoms. The molecule has 120 valence electrons. The smallest absolute Gasteiger partial charge is 0.279 e. The molecular formula is C16H16N2O3S2. The van der Waals surface area contributed by atoms with E-state index in [-0.39, 0.29) is 23.1 Å². The van der Waals surface area contributed by atoms with Crippen molar-refractivity contribution in [3.63, 3.8) is 0 Å². The maximum absolute atomic E-state index is 12.1. The summed E-state index contributed by atoms with van der Waals surface area (Å²) in [6.45, 7) is 1.63. The molecule has 5 nitrogen and oxygen atoms in total. The molecule has 1 atom stereocenters. The van der Waals surface area contributed by atoms with Crippen LogP contribution in [0, 0.1) is 0 Å². The van der Waals surface area contributed by atoms with E-state index in [0.717, 1.165) is 4.70 Å². The Bertz CT molecular complexity index is 959. The minimum absolute atomic E-state index is 0.0349. The van der Waals surface area contributed by atoms with Crippen LogP contribution >= 0.6 is 11.3 Å². The van der Waals surface area contributed by atoms with Gasteiger partial charge < -0.3 is 5.32 Å². The maximum Gasteiger partial charge on any atom is 0.279 e. The summed E-state index contributed by atoms with van der Waals surface area (Å²) in [4.78, 5) is 16.3. The predicted octanol–water partition coefficient (Wildman–Crippen LogP) is 2.18. The Kier molecular flexibility index (Phi) is 4.32. The first-order chi connectivity index (χ1) is 11.0. The lowest BCUT2D eigenvalue weighted by molar-refractivity contribution is 0.595. The van der Waals surface area contributed by atoms with Gasteiger partial charge in [0.2, 0.25) is 0 Å². The number of sulfone groups is 1. The Balaban J connectivity index is 1.91. The molecule has 0 aliphatic carbocycles. The monoisotopic (exact) mass is 348 g/mol. The second-order valence-corrected chi connectivity index (χ2v) is 8.64.